The van der Waals surface area contributed by atoms with E-state index in [1.807, 2.05) is 0 Å². The molecule has 0 amide bonds. The van der Waals surface area contributed by atoms with Crippen molar-refractivity contribution in [1.82, 2.24) is 4.90 Å². The van der Waals surface area contributed by atoms with E-state index in [1.165, 1.54) is 0 Å². The summed E-state index contributed by atoms with van der Waals surface area (Å²) in [5.41, 5.74) is 5.39. The Hall–Kier alpha value is -0.150. The van der Waals surface area contributed by atoms with E-state index in [-0.39, 0.29) is 0 Å². The van der Waals surface area contributed by atoms with E-state index in [2.05, 4.69) is 25.8 Å². The standard InChI is InChI=1S/C9H20N2S/c1-8(2)7-11(3)6-4-5-9(10)12/h8H,4-7H2,1-3H3,(H2,10,12). The van der Waals surface area contributed by atoms with Crippen molar-refractivity contribution in [2.75, 3.05) is 20.1 Å². The zero-order chi connectivity index (χ0) is 9.56. The lowest BCUT2D eigenvalue weighted by Crippen LogP contribution is -2.25. The smallest absolute Gasteiger partial charge is 0.0727 e. The molecule has 0 heterocycles. The quantitative estimate of drug-likeness (QED) is 0.643. The van der Waals surface area contributed by atoms with Crippen LogP contribution in [-0.2, 0) is 0 Å². The van der Waals surface area contributed by atoms with Crippen molar-refractivity contribution < 1.29 is 0 Å². The Bertz CT molecular complexity index is 134. The predicted molar refractivity (Wildman–Crippen MR) is 58.4 cm³/mol. The molecule has 0 aromatic heterocycles. The number of nitrogens with zero attached hydrogens (tertiary/aromatic N) is 1. The van der Waals surface area contributed by atoms with Crippen molar-refractivity contribution in [1.29, 1.82) is 0 Å². The fourth-order valence-electron chi connectivity index (χ4n) is 1.24. The Morgan fingerprint density at radius 3 is 2.50 bits per heavy atom. The molecule has 0 bridgehead atoms. The average Bonchev–Trinajstić information content (AvgIpc) is 1.84. The normalized spacial score (nSPS) is 11.1. The molecule has 0 spiro atoms. The summed E-state index contributed by atoms with van der Waals surface area (Å²) in [5, 5.41) is 0. The summed E-state index contributed by atoms with van der Waals surface area (Å²) in [6.07, 6.45) is 1.95. The summed E-state index contributed by atoms with van der Waals surface area (Å²) in [4.78, 5) is 2.95. The highest BCUT2D eigenvalue weighted by Gasteiger charge is 2.00. The summed E-state index contributed by atoms with van der Waals surface area (Å²) >= 11 is 4.79. The van der Waals surface area contributed by atoms with Crippen LogP contribution < -0.4 is 5.73 Å². The average molecular weight is 188 g/mol. The molecule has 0 aliphatic carbocycles. The Kier molecular flexibility index (Phi) is 6.30. The van der Waals surface area contributed by atoms with Gasteiger partial charge in [-0.1, -0.05) is 26.1 Å². The third-order valence-electron chi connectivity index (χ3n) is 1.64. The van der Waals surface area contributed by atoms with Gasteiger partial charge >= 0.3 is 0 Å². The van der Waals surface area contributed by atoms with Crippen molar-refractivity contribution in [3.8, 4) is 0 Å². The van der Waals surface area contributed by atoms with Crippen LogP contribution >= 0.6 is 12.2 Å². The van der Waals surface area contributed by atoms with Gasteiger partial charge in [0.2, 0.25) is 0 Å². The van der Waals surface area contributed by atoms with E-state index >= 15 is 0 Å². The van der Waals surface area contributed by atoms with Gasteiger partial charge in [-0.15, -0.1) is 0 Å². The number of hydrogen-bond donors (Lipinski definition) is 1. The first-order valence-electron chi connectivity index (χ1n) is 4.49. The van der Waals surface area contributed by atoms with Crippen LogP contribution in [0, 0.1) is 5.92 Å². The molecule has 3 heteroatoms. The molecule has 0 aliphatic rings. The van der Waals surface area contributed by atoms with Crippen molar-refractivity contribution in [3.63, 3.8) is 0 Å². The number of thiocarbonyl (C=S) groups is 1. The second-order valence-electron chi connectivity index (χ2n) is 3.73. The molecule has 12 heavy (non-hydrogen) atoms. The molecule has 0 aromatic carbocycles. The highest BCUT2D eigenvalue weighted by Crippen LogP contribution is 1.98. The zero-order valence-corrected chi connectivity index (χ0v) is 9.16. The third-order valence-corrected chi connectivity index (χ3v) is 1.84. The molecule has 72 valence electrons. The second kappa shape index (κ2) is 6.38. The summed E-state index contributed by atoms with van der Waals surface area (Å²) in [5.74, 6) is 0.736. The van der Waals surface area contributed by atoms with Gasteiger partial charge in [-0.2, -0.15) is 0 Å². The number of hydrogen-bond acceptors (Lipinski definition) is 2. The van der Waals surface area contributed by atoms with Crippen LogP contribution in [0.15, 0.2) is 0 Å². The van der Waals surface area contributed by atoms with Gasteiger partial charge < -0.3 is 10.6 Å². The lowest BCUT2D eigenvalue weighted by atomic mass is 10.2. The van der Waals surface area contributed by atoms with Gasteiger partial charge in [-0.3, -0.25) is 0 Å². The van der Waals surface area contributed by atoms with Crippen molar-refractivity contribution in [2.24, 2.45) is 11.7 Å². The Morgan fingerprint density at radius 2 is 2.08 bits per heavy atom. The van der Waals surface area contributed by atoms with Crippen molar-refractivity contribution in [3.05, 3.63) is 0 Å². The van der Waals surface area contributed by atoms with Gasteiger partial charge in [0.25, 0.3) is 0 Å². The van der Waals surface area contributed by atoms with Gasteiger partial charge in [-0.25, -0.2) is 0 Å². The molecule has 2 N–H and O–H groups in total. The van der Waals surface area contributed by atoms with Crippen LogP contribution in [0.1, 0.15) is 26.7 Å². The van der Waals surface area contributed by atoms with Gasteiger partial charge in [0.15, 0.2) is 0 Å². The van der Waals surface area contributed by atoms with Gasteiger partial charge in [0, 0.05) is 6.54 Å². The Morgan fingerprint density at radius 1 is 1.50 bits per heavy atom. The molecule has 0 saturated heterocycles. The molecular formula is C9H20N2S. The van der Waals surface area contributed by atoms with Crippen LogP contribution in [0.4, 0.5) is 0 Å². The van der Waals surface area contributed by atoms with Crippen LogP contribution in [0.3, 0.4) is 0 Å². The topological polar surface area (TPSA) is 29.3 Å². The third kappa shape index (κ3) is 7.95. The van der Waals surface area contributed by atoms with E-state index in [0.717, 1.165) is 31.8 Å². The maximum absolute atomic E-state index is 5.39. The molecule has 0 radical (unpaired) electrons. The molecule has 0 unspecified atom stereocenters. The highest BCUT2D eigenvalue weighted by atomic mass is 32.1. The minimum Gasteiger partial charge on any atom is -0.393 e. The summed E-state index contributed by atoms with van der Waals surface area (Å²) in [6, 6.07) is 0. The molecule has 0 fully saturated rings. The first-order chi connectivity index (χ1) is 5.52. The van der Waals surface area contributed by atoms with E-state index in [4.69, 9.17) is 18.0 Å². The van der Waals surface area contributed by atoms with Gasteiger partial charge in [0.1, 0.15) is 0 Å². The number of nitrogens with two attached hydrogens (primary N) is 1. The minimum atomic E-state index is 0.632. The fraction of sp³-hybridized carbons (Fsp3) is 0.889. The van der Waals surface area contributed by atoms with Crippen LogP contribution in [0.2, 0.25) is 0 Å². The molecule has 0 atom stereocenters. The first kappa shape index (κ1) is 11.8. The summed E-state index contributed by atoms with van der Waals surface area (Å²) in [6.45, 7) is 6.70. The van der Waals surface area contributed by atoms with E-state index < -0.39 is 0 Å². The molecule has 0 rings (SSSR count). The Balaban J connectivity index is 3.31. The van der Waals surface area contributed by atoms with E-state index in [0.29, 0.717) is 4.99 Å². The largest absolute Gasteiger partial charge is 0.393 e. The van der Waals surface area contributed by atoms with E-state index in [1.54, 1.807) is 0 Å². The predicted octanol–water partition coefficient (Wildman–Crippen LogP) is 1.64. The monoisotopic (exact) mass is 188 g/mol. The Labute approximate surface area is 81.1 Å². The first-order valence-corrected chi connectivity index (χ1v) is 4.90. The van der Waals surface area contributed by atoms with Gasteiger partial charge in [0.05, 0.1) is 4.99 Å². The van der Waals surface area contributed by atoms with Crippen LogP contribution in [0.25, 0.3) is 0 Å². The van der Waals surface area contributed by atoms with Crippen LogP contribution in [-0.4, -0.2) is 30.0 Å². The maximum atomic E-state index is 5.39. The summed E-state index contributed by atoms with van der Waals surface area (Å²) < 4.78 is 0. The fourth-order valence-corrected chi connectivity index (χ4v) is 1.38. The second-order valence-corrected chi connectivity index (χ2v) is 4.25. The lowest BCUT2D eigenvalue weighted by Gasteiger charge is -2.18. The highest BCUT2D eigenvalue weighted by molar-refractivity contribution is 7.80. The number of rotatable bonds is 6. The molecule has 0 aliphatic heterocycles. The molecule has 2 nitrogen and oxygen atoms in total. The van der Waals surface area contributed by atoms with E-state index in [9.17, 15) is 0 Å². The molecular weight excluding hydrogens is 168 g/mol. The van der Waals surface area contributed by atoms with Gasteiger partial charge in [-0.05, 0) is 32.4 Å². The zero-order valence-electron chi connectivity index (χ0n) is 8.34. The maximum Gasteiger partial charge on any atom is 0.0727 e. The molecule has 0 saturated carbocycles. The van der Waals surface area contributed by atoms with Crippen molar-refractivity contribution in [2.45, 2.75) is 26.7 Å². The lowest BCUT2D eigenvalue weighted by molar-refractivity contribution is 0.294. The summed E-state index contributed by atoms with van der Waals surface area (Å²) in [7, 11) is 2.14. The van der Waals surface area contributed by atoms with Crippen LogP contribution in [0.5, 0.6) is 0 Å². The minimum absolute atomic E-state index is 0.632. The van der Waals surface area contributed by atoms with Crippen molar-refractivity contribution >= 4 is 17.2 Å². The molecule has 0 aromatic rings. The SMILES string of the molecule is CC(C)CN(C)CCCC(N)=S.